The van der Waals surface area contributed by atoms with E-state index in [1.54, 1.807) is 36.3 Å². The number of nitrogens with one attached hydrogen (secondary N) is 2. The van der Waals surface area contributed by atoms with Gasteiger partial charge in [0, 0.05) is 44.0 Å². The Morgan fingerprint density at radius 1 is 1.12 bits per heavy atom. The zero-order chi connectivity index (χ0) is 27.9. The van der Waals surface area contributed by atoms with Crippen LogP contribution in [0.3, 0.4) is 0 Å². The van der Waals surface area contributed by atoms with E-state index in [1.807, 2.05) is 12.2 Å². The molecule has 3 amide bonds. The molecule has 10 heteroatoms. The fraction of sp³-hybridized carbons (Fsp3) is 0.633. The van der Waals surface area contributed by atoms with Crippen LogP contribution in [0.4, 0.5) is 5.69 Å². The predicted molar refractivity (Wildman–Crippen MR) is 148 cm³/mol. The number of amides is 3. The monoisotopic (exact) mass is 552 g/mol. The van der Waals surface area contributed by atoms with Gasteiger partial charge in [0.15, 0.2) is 0 Å². The van der Waals surface area contributed by atoms with E-state index in [-0.39, 0.29) is 23.8 Å². The van der Waals surface area contributed by atoms with E-state index in [2.05, 4.69) is 22.5 Å². The number of morpholine rings is 1. The van der Waals surface area contributed by atoms with Crippen molar-refractivity contribution in [3.05, 3.63) is 36.4 Å². The molecule has 216 valence electrons. The van der Waals surface area contributed by atoms with E-state index in [4.69, 9.17) is 14.2 Å². The van der Waals surface area contributed by atoms with Crippen molar-refractivity contribution in [1.29, 1.82) is 0 Å². The van der Waals surface area contributed by atoms with Gasteiger partial charge in [-0.3, -0.25) is 19.3 Å². The van der Waals surface area contributed by atoms with Crippen LogP contribution >= 0.6 is 0 Å². The van der Waals surface area contributed by atoms with Gasteiger partial charge >= 0.3 is 0 Å². The van der Waals surface area contributed by atoms with Crippen LogP contribution in [0.1, 0.15) is 32.6 Å². The van der Waals surface area contributed by atoms with E-state index in [9.17, 15) is 14.4 Å². The minimum Gasteiger partial charge on any atom is -0.497 e. The number of hydrogen-bond acceptors (Lipinski definition) is 7. The van der Waals surface area contributed by atoms with Crippen LogP contribution in [-0.4, -0.2) is 97.8 Å². The number of methoxy groups -OCH3 is 1. The number of rotatable bonds is 8. The van der Waals surface area contributed by atoms with E-state index in [0.717, 1.165) is 32.4 Å². The second-order valence-electron chi connectivity index (χ2n) is 11.8. The molecule has 6 rings (SSSR count). The Balaban J connectivity index is 1.27. The largest absolute Gasteiger partial charge is 0.497 e. The van der Waals surface area contributed by atoms with Crippen LogP contribution < -0.4 is 15.4 Å². The molecular formula is C30H40N4O6. The Bertz CT molecular complexity index is 1170. The number of hydrogen-bond donors (Lipinski definition) is 2. The van der Waals surface area contributed by atoms with Gasteiger partial charge in [-0.2, -0.15) is 0 Å². The molecule has 0 unspecified atom stereocenters. The molecule has 10 nitrogen and oxygen atoms in total. The molecule has 7 atom stereocenters. The fourth-order valence-electron chi connectivity index (χ4n) is 7.30. The van der Waals surface area contributed by atoms with E-state index >= 15 is 0 Å². The first-order valence-electron chi connectivity index (χ1n) is 14.6. The van der Waals surface area contributed by atoms with Gasteiger partial charge in [0.05, 0.1) is 38.3 Å². The number of carbonyl (C=O) groups is 3. The number of anilines is 1. The molecule has 2 bridgehead atoms. The molecule has 1 aliphatic carbocycles. The van der Waals surface area contributed by atoms with Crippen LogP contribution in [0.15, 0.2) is 36.4 Å². The van der Waals surface area contributed by atoms with Crippen molar-refractivity contribution >= 4 is 23.4 Å². The summed E-state index contributed by atoms with van der Waals surface area (Å²) < 4.78 is 17.3. The van der Waals surface area contributed by atoms with Crippen molar-refractivity contribution < 1.29 is 28.6 Å². The Kier molecular flexibility index (Phi) is 7.58. The standard InChI is InChI=1S/C30H40N4O6/c1-19-6-3-4-9-22(19)32-28(36)26-30-11-10-23(40-30)24(27(35)31-20-7-5-8-21(18-20)38-2)25(30)29(37)34(26)13-12-33-14-16-39-17-15-33/h5,7-8,10-11,18-19,22-26H,3-4,6,9,12-17H2,1-2H3,(H,31,35)(H,32,36)/t19-,22-,23+,24-,25+,26+,30+/m0/s1. The van der Waals surface area contributed by atoms with Crippen molar-refractivity contribution in [2.24, 2.45) is 17.8 Å². The average Bonchev–Trinajstić information content (AvgIpc) is 3.61. The fourth-order valence-corrected chi connectivity index (χ4v) is 7.30. The molecule has 0 aromatic heterocycles. The molecule has 1 aromatic carbocycles. The lowest BCUT2D eigenvalue weighted by atomic mass is 9.74. The third kappa shape index (κ3) is 4.80. The summed E-state index contributed by atoms with van der Waals surface area (Å²) in [6, 6.07) is 6.38. The van der Waals surface area contributed by atoms with Gasteiger partial charge in [0.25, 0.3) is 0 Å². The molecular weight excluding hydrogens is 512 g/mol. The molecule has 3 saturated heterocycles. The zero-order valence-electron chi connectivity index (χ0n) is 23.3. The SMILES string of the molecule is COc1cccc(NC(=O)[C@H]2[C@H]3C=C[C@@]4(O3)[C@H]2C(=O)N(CCN2CCOCC2)[C@@H]4C(=O)N[C@H]2CCCC[C@@H]2C)c1. The highest BCUT2D eigenvalue weighted by molar-refractivity contribution is 6.02. The molecule has 4 fully saturated rings. The summed E-state index contributed by atoms with van der Waals surface area (Å²) in [4.78, 5) is 45.8. The average molecular weight is 553 g/mol. The van der Waals surface area contributed by atoms with Crippen molar-refractivity contribution in [2.45, 2.75) is 56.4 Å². The molecule has 4 aliphatic heterocycles. The predicted octanol–water partition coefficient (Wildman–Crippen LogP) is 1.81. The number of fused-ring (bicyclic) bond motifs is 1. The van der Waals surface area contributed by atoms with Crippen LogP contribution in [-0.2, 0) is 23.9 Å². The van der Waals surface area contributed by atoms with Gasteiger partial charge in [-0.1, -0.05) is 38.0 Å². The quantitative estimate of drug-likeness (QED) is 0.474. The van der Waals surface area contributed by atoms with Crippen LogP contribution in [0.25, 0.3) is 0 Å². The third-order valence-corrected chi connectivity index (χ3v) is 9.46. The van der Waals surface area contributed by atoms with Gasteiger partial charge in [0.2, 0.25) is 17.7 Å². The summed E-state index contributed by atoms with van der Waals surface area (Å²) in [7, 11) is 1.57. The summed E-state index contributed by atoms with van der Waals surface area (Å²) in [6.45, 7) is 6.09. The molecule has 5 aliphatic rings. The number of likely N-dealkylation sites (tertiary alicyclic amines) is 1. The lowest BCUT2D eigenvalue weighted by Gasteiger charge is -2.36. The maximum absolute atomic E-state index is 14.2. The van der Waals surface area contributed by atoms with Crippen molar-refractivity contribution in [3.63, 3.8) is 0 Å². The van der Waals surface area contributed by atoms with Gasteiger partial charge in [-0.05, 0) is 30.9 Å². The van der Waals surface area contributed by atoms with E-state index in [0.29, 0.717) is 43.7 Å². The van der Waals surface area contributed by atoms with E-state index in [1.165, 1.54) is 6.42 Å². The minimum atomic E-state index is -1.16. The summed E-state index contributed by atoms with van der Waals surface area (Å²) in [6.07, 6.45) is 7.43. The topological polar surface area (TPSA) is 109 Å². The first kappa shape index (κ1) is 27.2. The summed E-state index contributed by atoms with van der Waals surface area (Å²) in [5.74, 6) is -1.17. The lowest BCUT2D eigenvalue weighted by molar-refractivity contribution is -0.142. The van der Waals surface area contributed by atoms with Crippen LogP contribution in [0, 0.1) is 17.8 Å². The van der Waals surface area contributed by atoms with Crippen molar-refractivity contribution in [1.82, 2.24) is 15.1 Å². The van der Waals surface area contributed by atoms with Gasteiger partial charge < -0.3 is 29.7 Å². The summed E-state index contributed by atoms with van der Waals surface area (Å²) in [5, 5.41) is 6.25. The van der Waals surface area contributed by atoms with Gasteiger partial charge in [-0.15, -0.1) is 0 Å². The molecule has 1 aromatic rings. The second-order valence-corrected chi connectivity index (χ2v) is 11.8. The molecule has 1 spiro atoms. The Morgan fingerprint density at radius 2 is 1.93 bits per heavy atom. The third-order valence-electron chi connectivity index (χ3n) is 9.46. The number of benzene rings is 1. The lowest BCUT2D eigenvalue weighted by Crippen LogP contribution is -2.58. The Hall–Kier alpha value is -2.95. The molecule has 4 heterocycles. The van der Waals surface area contributed by atoms with Gasteiger partial charge in [0.1, 0.15) is 17.4 Å². The maximum atomic E-state index is 14.2. The highest BCUT2D eigenvalue weighted by atomic mass is 16.5. The number of nitrogens with zero attached hydrogens (tertiary/aromatic N) is 2. The Morgan fingerprint density at radius 3 is 2.70 bits per heavy atom. The molecule has 2 N–H and O–H groups in total. The molecule has 40 heavy (non-hydrogen) atoms. The van der Waals surface area contributed by atoms with Gasteiger partial charge in [-0.25, -0.2) is 0 Å². The smallest absolute Gasteiger partial charge is 0.246 e. The highest BCUT2D eigenvalue weighted by Crippen LogP contribution is 2.55. The zero-order valence-corrected chi connectivity index (χ0v) is 23.3. The first-order valence-corrected chi connectivity index (χ1v) is 14.6. The number of carbonyl (C=O) groups excluding carboxylic acids is 3. The van der Waals surface area contributed by atoms with Crippen LogP contribution in [0.2, 0.25) is 0 Å². The summed E-state index contributed by atoms with van der Waals surface area (Å²) >= 11 is 0. The second kappa shape index (κ2) is 11.1. The van der Waals surface area contributed by atoms with Crippen molar-refractivity contribution in [2.75, 3.05) is 51.8 Å². The molecule has 1 saturated carbocycles. The van der Waals surface area contributed by atoms with E-state index < -0.39 is 29.6 Å². The minimum absolute atomic E-state index is 0.0719. The van der Waals surface area contributed by atoms with Crippen LogP contribution in [0.5, 0.6) is 5.75 Å². The van der Waals surface area contributed by atoms with Crippen molar-refractivity contribution in [3.8, 4) is 5.75 Å². The summed E-state index contributed by atoms with van der Waals surface area (Å²) in [5.41, 5.74) is -0.578. The Labute approximate surface area is 235 Å². The highest BCUT2D eigenvalue weighted by Gasteiger charge is 2.72. The normalized spacial score (nSPS) is 35.0. The number of ether oxygens (including phenoxy) is 3. The first-order chi connectivity index (χ1) is 19.4. The maximum Gasteiger partial charge on any atom is 0.246 e. The molecule has 0 radical (unpaired) electrons.